The lowest BCUT2D eigenvalue weighted by molar-refractivity contribution is 0.0688. The lowest BCUT2D eigenvalue weighted by atomic mass is 9.93. The van der Waals surface area contributed by atoms with Crippen LogP contribution in [0.4, 0.5) is 0 Å². The van der Waals surface area contributed by atoms with Crippen LogP contribution in [0.1, 0.15) is 54.7 Å². The first-order chi connectivity index (χ1) is 8.74. The Kier molecular flexibility index (Phi) is 4.30. The van der Waals surface area contributed by atoms with Crippen LogP contribution < -0.4 is 5.32 Å². The number of unbranched alkanes of at least 4 members (excludes halogenated alkanes) is 1. The summed E-state index contributed by atoms with van der Waals surface area (Å²) in [5, 5.41) is 20.3. The van der Waals surface area contributed by atoms with Crippen LogP contribution in [-0.2, 0) is 6.54 Å². The van der Waals surface area contributed by atoms with Gasteiger partial charge in [0, 0.05) is 12.5 Å². The minimum atomic E-state index is -0.966. The third-order valence-corrected chi connectivity index (χ3v) is 3.43. The molecule has 1 fully saturated rings. The Bertz CT molecular complexity index is 410. The summed E-state index contributed by atoms with van der Waals surface area (Å²) in [7, 11) is 0. The summed E-state index contributed by atoms with van der Waals surface area (Å²) in [4.78, 5) is 11.2. The molecule has 0 saturated carbocycles. The zero-order valence-corrected chi connectivity index (χ0v) is 10.7. The van der Waals surface area contributed by atoms with Crippen molar-refractivity contribution in [2.45, 2.75) is 45.1 Å². The van der Waals surface area contributed by atoms with Crippen LogP contribution in [0.2, 0.25) is 0 Å². The SMILES string of the molecule is CCCCn1nnc(C(=O)O)c1C1CCNCC1. The Morgan fingerprint density at radius 2 is 2.22 bits per heavy atom. The predicted molar refractivity (Wildman–Crippen MR) is 66.7 cm³/mol. The van der Waals surface area contributed by atoms with Gasteiger partial charge in [0.2, 0.25) is 0 Å². The van der Waals surface area contributed by atoms with Gasteiger partial charge in [-0.3, -0.25) is 0 Å². The second kappa shape index (κ2) is 5.95. The Labute approximate surface area is 106 Å². The van der Waals surface area contributed by atoms with Crippen LogP contribution >= 0.6 is 0 Å². The largest absolute Gasteiger partial charge is 0.476 e. The van der Waals surface area contributed by atoms with Gasteiger partial charge in [-0.05, 0) is 32.4 Å². The lowest BCUT2D eigenvalue weighted by Crippen LogP contribution is -2.28. The van der Waals surface area contributed by atoms with Gasteiger partial charge in [0.15, 0.2) is 5.69 Å². The van der Waals surface area contributed by atoms with E-state index in [0.717, 1.165) is 51.0 Å². The first kappa shape index (κ1) is 13.0. The predicted octanol–water partition coefficient (Wildman–Crippen LogP) is 1.24. The molecule has 2 rings (SSSR count). The summed E-state index contributed by atoms with van der Waals surface area (Å²) < 4.78 is 1.79. The van der Waals surface area contributed by atoms with E-state index in [1.54, 1.807) is 4.68 Å². The molecule has 18 heavy (non-hydrogen) atoms. The zero-order valence-electron chi connectivity index (χ0n) is 10.7. The van der Waals surface area contributed by atoms with Gasteiger partial charge in [-0.25, -0.2) is 9.48 Å². The average Bonchev–Trinajstić information content (AvgIpc) is 2.81. The first-order valence-corrected chi connectivity index (χ1v) is 6.61. The second-order valence-electron chi connectivity index (χ2n) is 4.73. The number of hydrogen-bond donors (Lipinski definition) is 2. The Hall–Kier alpha value is -1.43. The van der Waals surface area contributed by atoms with Gasteiger partial charge in [0.1, 0.15) is 0 Å². The number of aromatic nitrogens is 3. The molecule has 0 unspecified atom stereocenters. The van der Waals surface area contributed by atoms with Crippen molar-refractivity contribution in [2.24, 2.45) is 0 Å². The molecule has 0 radical (unpaired) electrons. The first-order valence-electron chi connectivity index (χ1n) is 6.61. The highest BCUT2D eigenvalue weighted by molar-refractivity contribution is 5.86. The molecule has 0 aliphatic carbocycles. The van der Waals surface area contributed by atoms with E-state index in [9.17, 15) is 9.90 Å². The normalized spacial score (nSPS) is 16.9. The molecule has 0 atom stereocenters. The summed E-state index contributed by atoms with van der Waals surface area (Å²) in [6, 6.07) is 0. The fourth-order valence-electron chi connectivity index (χ4n) is 2.45. The smallest absolute Gasteiger partial charge is 0.358 e. The highest BCUT2D eigenvalue weighted by Gasteiger charge is 2.27. The van der Waals surface area contributed by atoms with Crippen molar-refractivity contribution in [2.75, 3.05) is 13.1 Å². The van der Waals surface area contributed by atoms with Gasteiger partial charge in [0.25, 0.3) is 0 Å². The number of carbonyl (C=O) groups is 1. The van der Waals surface area contributed by atoms with E-state index in [2.05, 4.69) is 22.6 Å². The maximum atomic E-state index is 11.2. The number of carboxylic acid groups (broad SMARTS) is 1. The summed E-state index contributed by atoms with van der Waals surface area (Å²) in [5.74, 6) is -0.699. The van der Waals surface area contributed by atoms with Gasteiger partial charge in [-0.15, -0.1) is 5.10 Å². The molecule has 0 aromatic carbocycles. The summed E-state index contributed by atoms with van der Waals surface area (Å²) in [6.45, 7) is 4.74. The minimum absolute atomic E-state index is 0.137. The van der Waals surface area contributed by atoms with Gasteiger partial charge in [-0.2, -0.15) is 0 Å². The van der Waals surface area contributed by atoms with E-state index in [1.165, 1.54) is 0 Å². The third kappa shape index (κ3) is 2.69. The Morgan fingerprint density at radius 3 is 2.83 bits per heavy atom. The van der Waals surface area contributed by atoms with Crippen molar-refractivity contribution < 1.29 is 9.90 Å². The average molecular weight is 252 g/mol. The fraction of sp³-hybridized carbons (Fsp3) is 0.750. The number of hydrogen-bond acceptors (Lipinski definition) is 4. The molecule has 6 heteroatoms. The van der Waals surface area contributed by atoms with Crippen molar-refractivity contribution in [1.82, 2.24) is 20.3 Å². The van der Waals surface area contributed by atoms with Crippen LogP contribution in [0.3, 0.4) is 0 Å². The highest BCUT2D eigenvalue weighted by atomic mass is 16.4. The van der Waals surface area contributed by atoms with Crippen molar-refractivity contribution in [1.29, 1.82) is 0 Å². The van der Waals surface area contributed by atoms with Crippen molar-refractivity contribution >= 4 is 5.97 Å². The molecule has 1 saturated heterocycles. The second-order valence-corrected chi connectivity index (χ2v) is 4.73. The summed E-state index contributed by atoms with van der Waals surface area (Å²) >= 11 is 0. The van der Waals surface area contributed by atoms with Crippen LogP contribution in [0.15, 0.2) is 0 Å². The molecule has 2 heterocycles. The van der Waals surface area contributed by atoms with Gasteiger partial charge in [0.05, 0.1) is 5.69 Å². The maximum Gasteiger partial charge on any atom is 0.358 e. The maximum absolute atomic E-state index is 11.2. The lowest BCUT2D eigenvalue weighted by Gasteiger charge is -2.23. The van der Waals surface area contributed by atoms with Crippen LogP contribution in [0.5, 0.6) is 0 Å². The monoisotopic (exact) mass is 252 g/mol. The van der Waals surface area contributed by atoms with Crippen LogP contribution in [0.25, 0.3) is 0 Å². The number of carboxylic acids is 1. The van der Waals surface area contributed by atoms with Crippen molar-refractivity contribution in [3.05, 3.63) is 11.4 Å². The third-order valence-electron chi connectivity index (χ3n) is 3.43. The van der Waals surface area contributed by atoms with E-state index >= 15 is 0 Å². The molecule has 0 amide bonds. The molecule has 1 aromatic heterocycles. The molecule has 0 spiro atoms. The number of rotatable bonds is 5. The van der Waals surface area contributed by atoms with Crippen LogP contribution in [-0.4, -0.2) is 39.2 Å². The number of aryl methyl sites for hydroxylation is 1. The van der Waals surface area contributed by atoms with E-state index in [4.69, 9.17) is 0 Å². The fourth-order valence-corrected chi connectivity index (χ4v) is 2.45. The number of nitrogens with one attached hydrogen (secondary N) is 1. The van der Waals surface area contributed by atoms with E-state index < -0.39 is 5.97 Å². The topological polar surface area (TPSA) is 80.0 Å². The van der Waals surface area contributed by atoms with E-state index in [1.807, 2.05) is 0 Å². The van der Waals surface area contributed by atoms with Gasteiger partial charge >= 0.3 is 5.97 Å². The quantitative estimate of drug-likeness (QED) is 0.824. The highest BCUT2D eigenvalue weighted by Crippen LogP contribution is 2.27. The molecule has 6 nitrogen and oxygen atoms in total. The standard InChI is InChI=1S/C12H20N4O2/c1-2-3-8-16-11(9-4-6-13-7-5-9)10(12(17)18)14-15-16/h9,13H,2-8H2,1H3,(H,17,18). The van der Waals surface area contributed by atoms with Crippen molar-refractivity contribution in [3.8, 4) is 0 Å². The molecule has 2 N–H and O–H groups in total. The van der Waals surface area contributed by atoms with Crippen LogP contribution in [0, 0.1) is 0 Å². The Morgan fingerprint density at radius 1 is 1.50 bits per heavy atom. The molecule has 1 aliphatic heterocycles. The van der Waals surface area contributed by atoms with E-state index in [0.29, 0.717) is 0 Å². The van der Waals surface area contributed by atoms with Crippen molar-refractivity contribution in [3.63, 3.8) is 0 Å². The molecule has 1 aliphatic rings. The zero-order chi connectivity index (χ0) is 13.0. The molecule has 0 bridgehead atoms. The molecular formula is C12H20N4O2. The number of aromatic carboxylic acids is 1. The number of nitrogens with zero attached hydrogens (tertiary/aromatic N) is 3. The molecule has 100 valence electrons. The summed E-state index contributed by atoms with van der Waals surface area (Å²) in [6.07, 6.45) is 3.98. The van der Waals surface area contributed by atoms with Gasteiger partial charge < -0.3 is 10.4 Å². The molecular weight excluding hydrogens is 232 g/mol. The van der Waals surface area contributed by atoms with E-state index in [-0.39, 0.29) is 11.6 Å². The number of piperidine rings is 1. The molecule has 1 aromatic rings. The minimum Gasteiger partial charge on any atom is -0.476 e. The summed E-state index contributed by atoms with van der Waals surface area (Å²) in [5.41, 5.74) is 0.954. The van der Waals surface area contributed by atoms with Gasteiger partial charge in [-0.1, -0.05) is 18.6 Å². The Balaban J connectivity index is 2.26.